The largest absolute Gasteiger partial charge is 0.378 e. The maximum Gasteiger partial charge on any atom is 0.271 e. The summed E-state index contributed by atoms with van der Waals surface area (Å²) in [5, 5.41) is 6.21. The van der Waals surface area contributed by atoms with Crippen molar-refractivity contribution in [1.29, 1.82) is 0 Å². The fraction of sp³-hybridized carbons (Fsp3) is 0.538. The number of ether oxygens (including phenoxy) is 1. The molecule has 1 saturated heterocycles. The second kappa shape index (κ2) is 6.21. The van der Waals surface area contributed by atoms with Crippen LogP contribution in [0.4, 0.5) is 5.82 Å². The van der Waals surface area contributed by atoms with Gasteiger partial charge in [-0.1, -0.05) is 11.6 Å². The molecule has 6 heteroatoms. The number of carbonyl (C=O) groups excluding carboxylic acids is 1. The highest BCUT2D eigenvalue weighted by molar-refractivity contribution is 6.33. The molecule has 104 valence electrons. The van der Waals surface area contributed by atoms with Gasteiger partial charge in [-0.3, -0.25) is 4.79 Å². The summed E-state index contributed by atoms with van der Waals surface area (Å²) in [6.07, 6.45) is 1.81. The first kappa shape index (κ1) is 14.1. The molecule has 2 heterocycles. The molecule has 19 heavy (non-hydrogen) atoms. The lowest BCUT2D eigenvalue weighted by molar-refractivity contribution is 0.0136. The highest BCUT2D eigenvalue weighted by atomic mass is 35.5. The predicted octanol–water partition coefficient (Wildman–Crippen LogP) is 2.07. The standard InChI is InChI=1S/C13H18ClN3O2/c1-8-7-9(5-6-19-8)16-13(18)12-10(14)3-4-11(15-2)17-12/h3-4,8-9H,5-7H2,1-2H3,(H,15,17)(H,16,18). The number of carbonyl (C=O) groups is 1. The van der Waals surface area contributed by atoms with Gasteiger partial charge >= 0.3 is 0 Å². The third kappa shape index (κ3) is 3.58. The first-order valence-corrected chi connectivity index (χ1v) is 6.74. The Bertz CT molecular complexity index is 467. The van der Waals surface area contributed by atoms with Crippen LogP contribution in [0.5, 0.6) is 0 Å². The van der Waals surface area contributed by atoms with Crippen LogP contribution < -0.4 is 10.6 Å². The number of amides is 1. The van der Waals surface area contributed by atoms with E-state index in [-0.39, 0.29) is 23.7 Å². The van der Waals surface area contributed by atoms with Gasteiger partial charge in [-0.25, -0.2) is 4.98 Å². The molecule has 0 saturated carbocycles. The van der Waals surface area contributed by atoms with Crippen LogP contribution in [0.2, 0.25) is 5.02 Å². The van der Waals surface area contributed by atoms with Crippen LogP contribution in [-0.4, -0.2) is 36.7 Å². The fourth-order valence-electron chi connectivity index (χ4n) is 2.12. The molecule has 0 aliphatic carbocycles. The van der Waals surface area contributed by atoms with Crippen molar-refractivity contribution in [3.05, 3.63) is 22.8 Å². The number of pyridine rings is 1. The summed E-state index contributed by atoms with van der Waals surface area (Å²) in [5.74, 6) is 0.385. The van der Waals surface area contributed by atoms with E-state index in [9.17, 15) is 4.79 Å². The molecular formula is C13H18ClN3O2. The molecule has 1 aliphatic heterocycles. The first-order chi connectivity index (χ1) is 9.10. The van der Waals surface area contributed by atoms with Gasteiger partial charge in [0.25, 0.3) is 5.91 Å². The lowest BCUT2D eigenvalue weighted by Crippen LogP contribution is -2.41. The molecule has 2 N–H and O–H groups in total. The molecule has 0 spiro atoms. The van der Waals surface area contributed by atoms with E-state index in [4.69, 9.17) is 16.3 Å². The Balaban J connectivity index is 2.06. The third-order valence-corrected chi connectivity index (χ3v) is 3.44. The van der Waals surface area contributed by atoms with Crippen LogP contribution in [0, 0.1) is 0 Å². The van der Waals surface area contributed by atoms with Gasteiger partial charge in [0.05, 0.1) is 11.1 Å². The normalized spacial score (nSPS) is 22.9. The Kier molecular flexibility index (Phi) is 4.61. The molecule has 2 unspecified atom stereocenters. The number of halogens is 1. The summed E-state index contributed by atoms with van der Waals surface area (Å²) in [4.78, 5) is 16.4. The van der Waals surface area contributed by atoms with Crippen molar-refractivity contribution in [1.82, 2.24) is 10.3 Å². The number of hydrogen-bond acceptors (Lipinski definition) is 4. The number of rotatable bonds is 3. The SMILES string of the molecule is CNc1ccc(Cl)c(C(=O)NC2CCOC(C)C2)n1. The zero-order chi connectivity index (χ0) is 13.8. The maximum absolute atomic E-state index is 12.2. The summed E-state index contributed by atoms with van der Waals surface area (Å²) in [5.41, 5.74) is 0.257. The molecule has 0 aromatic carbocycles. The first-order valence-electron chi connectivity index (χ1n) is 6.37. The molecule has 5 nitrogen and oxygen atoms in total. The number of aromatic nitrogens is 1. The van der Waals surface area contributed by atoms with Gasteiger partial charge in [0.2, 0.25) is 0 Å². The van der Waals surface area contributed by atoms with E-state index >= 15 is 0 Å². The topological polar surface area (TPSA) is 63.2 Å². The molecule has 0 bridgehead atoms. The van der Waals surface area contributed by atoms with Crippen LogP contribution in [0.15, 0.2) is 12.1 Å². The maximum atomic E-state index is 12.2. The monoisotopic (exact) mass is 283 g/mol. The molecule has 2 rings (SSSR count). The zero-order valence-corrected chi connectivity index (χ0v) is 11.8. The Hall–Kier alpha value is -1.33. The van der Waals surface area contributed by atoms with E-state index in [1.54, 1.807) is 19.2 Å². The van der Waals surface area contributed by atoms with Crippen molar-refractivity contribution in [3.8, 4) is 0 Å². The molecule has 1 aromatic heterocycles. The second-order valence-electron chi connectivity index (χ2n) is 4.65. The summed E-state index contributed by atoms with van der Waals surface area (Å²) < 4.78 is 5.45. The molecule has 0 radical (unpaired) electrons. The average Bonchev–Trinajstić information content (AvgIpc) is 2.39. The highest BCUT2D eigenvalue weighted by Crippen LogP contribution is 2.18. The van der Waals surface area contributed by atoms with E-state index in [1.807, 2.05) is 6.92 Å². The summed E-state index contributed by atoms with van der Waals surface area (Å²) in [7, 11) is 1.75. The summed E-state index contributed by atoms with van der Waals surface area (Å²) >= 11 is 6.02. The van der Waals surface area contributed by atoms with Crippen molar-refractivity contribution in [2.24, 2.45) is 0 Å². The smallest absolute Gasteiger partial charge is 0.271 e. The van der Waals surface area contributed by atoms with Gasteiger partial charge in [-0.15, -0.1) is 0 Å². The minimum absolute atomic E-state index is 0.118. The van der Waals surface area contributed by atoms with Gasteiger partial charge in [0, 0.05) is 19.7 Å². The van der Waals surface area contributed by atoms with Gasteiger partial charge in [0.1, 0.15) is 11.5 Å². The van der Waals surface area contributed by atoms with E-state index in [0.717, 1.165) is 12.8 Å². The third-order valence-electron chi connectivity index (χ3n) is 3.14. The lowest BCUT2D eigenvalue weighted by atomic mass is 10.0. The number of anilines is 1. The predicted molar refractivity (Wildman–Crippen MR) is 74.7 cm³/mol. The molecule has 1 fully saturated rings. The van der Waals surface area contributed by atoms with Crippen molar-refractivity contribution in [3.63, 3.8) is 0 Å². The molecule has 1 aliphatic rings. The van der Waals surface area contributed by atoms with E-state index in [1.165, 1.54) is 0 Å². The Morgan fingerprint density at radius 2 is 2.32 bits per heavy atom. The molecular weight excluding hydrogens is 266 g/mol. The minimum atomic E-state index is -0.235. The Labute approximate surface area is 117 Å². The lowest BCUT2D eigenvalue weighted by Gasteiger charge is -2.27. The Morgan fingerprint density at radius 3 is 3.00 bits per heavy atom. The van der Waals surface area contributed by atoms with Crippen molar-refractivity contribution in [2.75, 3.05) is 19.0 Å². The fourth-order valence-corrected chi connectivity index (χ4v) is 2.31. The quantitative estimate of drug-likeness (QED) is 0.891. The van der Waals surface area contributed by atoms with Crippen LogP contribution in [0.25, 0.3) is 0 Å². The molecule has 1 amide bonds. The highest BCUT2D eigenvalue weighted by Gasteiger charge is 2.23. The Morgan fingerprint density at radius 1 is 1.53 bits per heavy atom. The van der Waals surface area contributed by atoms with Crippen LogP contribution in [0.1, 0.15) is 30.3 Å². The van der Waals surface area contributed by atoms with Gasteiger partial charge in [-0.05, 0) is 31.9 Å². The van der Waals surface area contributed by atoms with E-state index in [2.05, 4.69) is 15.6 Å². The van der Waals surface area contributed by atoms with Crippen LogP contribution in [0.3, 0.4) is 0 Å². The number of nitrogens with zero attached hydrogens (tertiary/aromatic N) is 1. The van der Waals surface area contributed by atoms with Crippen LogP contribution in [-0.2, 0) is 4.74 Å². The van der Waals surface area contributed by atoms with Crippen molar-refractivity contribution in [2.45, 2.75) is 31.9 Å². The average molecular weight is 284 g/mol. The van der Waals surface area contributed by atoms with Gasteiger partial charge in [0.15, 0.2) is 0 Å². The van der Waals surface area contributed by atoms with E-state index in [0.29, 0.717) is 17.4 Å². The summed E-state index contributed by atoms with van der Waals surface area (Å²) in [6, 6.07) is 3.52. The van der Waals surface area contributed by atoms with Crippen molar-refractivity contribution < 1.29 is 9.53 Å². The van der Waals surface area contributed by atoms with Crippen LogP contribution >= 0.6 is 11.6 Å². The van der Waals surface area contributed by atoms with Gasteiger partial charge < -0.3 is 15.4 Å². The summed E-state index contributed by atoms with van der Waals surface area (Å²) in [6.45, 7) is 2.68. The number of hydrogen-bond donors (Lipinski definition) is 2. The van der Waals surface area contributed by atoms with Gasteiger partial charge in [-0.2, -0.15) is 0 Å². The minimum Gasteiger partial charge on any atom is -0.378 e. The van der Waals surface area contributed by atoms with Crippen molar-refractivity contribution >= 4 is 23.3 Å². The molecule has 2 atom stereocenters. The second-order valence-corrected chi connectivity index (χ2v) is 5.06. The molecule has 1 aromatic rings. The zero-order valence-electron chi connectivity index (χ0n) is 11.1. The number of nitrogens with one attached hydrogen (secondary N) is 2. The van der Waals surface area contributed by atoms with E-state index < -0.39 is 0 Å².